The van der Waals surface area contributed by atoms with Crippen LogP contribution in [0.3, 0.4) is 0 Å². The maximum absolute atomic E-state index is 13.5. The second kappa shape index (κ2) is 6.00. The molecule has 0 saturated carbocycles. The summed E-state index contributed by atoms with van der Waals surface area (Å²) < 4.78 is 43.4. The van der Waals surface area contributed by atoms with Crippen molar-refractivity contribution in [1.82, 2.24) is 4.98 Å². The topological polar surface area (TPSA) is 39.2 Å². The Morgan fingerprint density at radius 1 is 1.59 bits per heavy atom. The molecule has 1 rings (SSSR count). The van der Waals surface area contributed by atoms with Gasteiger partial charge in [-0.05, 0) is 13.0 Å². The Bertz CT molecular complexity index is 426. The Morgan fingerprint density at radius 3 is 2.71 bits per heavy atom. The van der Waals surface area contributed by atoms with Crippen molar-refractivity contribution in [3.63, 3.8) is 0 Å². The molecule has 0 aromatic carbocycles. The number of aromatic nitrogens is 1. The minimum absolute atomic E-state index is 0.0266. The van der Waals surface area contributed by atoms with Gasteiger partial charge in [0.2, 0.25) is 0 Å². The molecule has 0 amide bonds. The molecule has 3 nitrogen and oxygen atoms in total. The molecule has 0 atom stereocenters. The smallest absolute Gasteiger partial charge is 0.343 e. The molecule has 0 fully saturated rings. The van der Waals surface area contributed by atoms with Crippen molar-refractivity contribution in [2.24, 2.45) is 0 Å². The predicted octanol–water partition coefficient (Wildman–Crippen LogP) is 3.23. The van der Waals surface area contributed by atoms with Crippen molar-refractivity contribution in [3.8, 4) is 0 Å². The molecule has 1 aromatic rings. The Balaban J connectivity index is 3.31. The van der Waals surface area contributed by atoms with Crippen LogP contribution in [0.5, 0.6) is 0 Å². The highest BCUT2D eigenvalue weighted by Crippen LogP contribution is 2.25. The lowest BCUT2D eigenvalue weighted by Crippen LogP contribution is -2.14. The van der Waals surface area contributed by atoms with Gasteiger partial charge < -0.3 is 4.74 Å². The molecule has 0 spiro atoms. The third-order valence-electron chi connectivity index (χ3n) is 1.88. The number of nitrogens with zero attached hydrogens (tertiary/aromatic N) is 1. The second-order valence-corrected chi connectivity index (χ2v) is 3.57. The summed E-state index contributed by atoms with van der Waals surface area (Å²) in [6.07, 6.45) is -3.04. The SMILES string of the molecule is CCOC(=O)c1c(F)cc(CBr)nc1C(F)F. The van der Waals surface area contributed by atoms with Gasteiger partial charge in [0.25, 0.3) is 6.43 Å². The molecule has 0 N–H and O–H groups in total. The van der Waals surface area contributed by atoms with Gasteiger partial charge in [-0.15, -0.1) is 0 Å². The van der Waals surface area contributed by atoms with E-state index in [1.54, 1.807) is 0 Å². The molecule has 0 radical (unpaired) electrons. The molecule has 1 heterocycles. The first-order valence-electron chi connectivity index (χ1n) is 4.71. The van der Waals surface area contributed by atoms with E-state index < -0.39 is 29.5 Å². The van der Waals surface area contributed by atoms with Gasteiger partial charge in [0, 0.05) is 5.33 Å². The molecular formula is C10H9BrF3NO2. The molecule has 94 valence electrons. The summed E-state index contributed by atoms with van der Waals surface area (Å²) in [4.78, 5) is 14.9. The van der Waals surface area contributed by atoms with Gasteiger partial charge in [-0.3, -0.25) is 0 Å². The molecule has 7 heteroatoms. The van der Waals surface area contributed by atoms with Crippen molar-refractivity contribution in [2.45, 2.75) is 18.7 Å². The van der Waals surface area contributed by atoms with E-state index in [1.165, 1.54) is 6.92 Å². The zero-order valence-electron chi connectivity index (χ0n) is 8.84. The van der Waals surface area contributed by atoms with Crippen LogP contribution in [0.4, 0.5) is 13.2 Å². The summed E-state index contributed by atoms with van der Waals surface area (Å²) in [7, 11) is 0. The van der Waals surface area contributed by atoms with Gasteiger partial charge in [-0.1, -0.05) is 15.9 Å². The largest absolute Gasteiger partial charge is 0.462 e. The quantitative estimate of drug-likeness (QED) is 0.633. The summed E-state index contributed by atoms with van der Waals surface area (Å²) in [6, 6.07) is 0.923. The molecular weight excluding hydrogens is 303 g/mol. The van der Waals surface area contributed by atoms with E-state index in [9.17, 15) is 18.0 Å². The Hall–Kier alpha value is -1.11. The minimum atomic E-state index is -3.04. The van der Waals surface area contributed by atoms with Crippen LogP contribution in [-0.2, 0) is 10.1 Å². The van der Waals surface area contributed by atoms with Crippen LogP contribution in [0.1, 0.15) is 35.1 Å². The summed E-state index contributed by atoms with van der Waals surface area (Å²) in [5.41, 5.74) is -1.60. The van der Waals surface area contributed by atoms with E-state index in [2.05, 4.69) is 25.7 Å². The van der Waals surface area contributed by atoms with E-state index in [-0.39, 0.29) is 17.6 Å². The first kappa shape index (κ1) is 14.0. The van der Waals surface area contributed by atoms with Crippen molar-refractivity contribution in [1.29, 1.82) is 0 Å². The fraction of sp³-hybridized carbons (Fsp3) is 0.400. The molecule has 0 aliphatic carbocycles. The number of carbonyl (C=O) groups is 1. The second-order valence-electron chi connectivity index (χ2n) is 3.01. The molecule has 0 saturated heterocycles. The van der Waals surface area contributed by atoms with Gasteiger partial charge in [0.1, 0.15) is 17.1 Å². The Labute approximate surface area is 104 Å². The summed E-state index contributed by atoms with van der Waals surface area (Å²) in [5, 5.41) is 0.118. The van der Waals surface area contributed by atoms with Gasteiger partial charge in [-0.25, -0.2) is 22.9 Å². The predicted molar refractivity (Wildman–Crippen MR) is 57.7 cm³/mol. The van der Waals surface area contributed by atoms with Crippen LogP contribution in [0.25, 0.3) is 0 Å². The number of carbonyl (C=O) groups excluding carboxylic acids is 1. The van der Waals surface area contributed by atoms with Crippen molar-refractivity contribution >= 4 is 21.9 Å². The zero-order valence-corrected chi connectivity index (χ0v) is 10.4. The number of hydrogen-bond acceptors (Lipinski definition) is 3. The average Bonchev–Trinajstić information content (AvgIpc) is 2.27. The van der Waals surface area contributed by atoms with E-state index in [0.717, 1.165) is 6.07 Å². The van der Waals surface area contributed by atoms with Crippen molar-refractivity contribution in [2.75, 3.05) is 6.61 Å². The molecule has 17 heavy (non-hydrogen) atoms. The molecule has 0 unspecified atom stereocenters. The highest BCUT2D eigenvalue weighted by molar-refractivity contribution is 9.08. The summed E-state index contributed by atoms with van der Waals surface area (Å²) in [5.74, 6) is -2.18. The van der Waals surface area contributed by atoms with Gasteiger partial charge in [-0.2, -0.15) is 0 Å². The van der Waals surface area contributed by atoms with Crippen LogP contribution in [0.2, 0.25) is 0 Å². The highest BCUT2D eigenvalue weighted by Gasteiger charge is 2.26. The fourth-order valence-electron chi connectivity index (χ4n) is 1.22. The van der Waals surface area contributed by atoms with E-state index in [4.69, 9.17) is 0 Å². The zero-order chi connectivity index (χ0) is 13.0. The van der Waals surface area contributed by atoms with Crippen LogP contribution in [-0.4, -0.2) is 17.6 Å². The number of esters is 1. The Kier molecular flexibility index (Phi) is 4.92. The minimum Gasteiger partial charge on any atom is -0.462 e. The van der Waals surface area contributed by atoms with Gasteiger partial charge in [0.15, 0.2) is 0 Å². The first-order valence-corrected chi connectivity index (χ1v) is 5.83. The number of rotatable bonds is 4. The lowest BCUT2D eigenvalue weighted by Gasteiger charge is -2.09. The fourth-order valence-corrected chi connectivity index (χ4v) is 1.50. The van der Waals surface area contributed by atoms with E-state index in [0.29, 0.717) is 0 Å². The third kappa shape index (κ3) is 3.18. The van der Waals surface area contributed by atoms with Crippen LogP contribution >= 0.6 is 15.9 Å². The maximum atomic E-state index is 13.5. The molecule has 0 aliphatic heterocycles. The van der Waals surface area contributed by atoms with Crippen molar-refractivity contribution in [3.05, 3.63) is 28.8 Å². The third-order valence-corrected chi connectivity index (χ3v) is 2.45. The monoisotopic (exact) mass is 311 g/mol. The molecule has 0 bridgehead atoms. The number of alkyl halides is 3. The van der Waals surface area contributed by atoms with Crippen molar-refractivity contribution < 1.29 is 22.7 Å². The molecule has 0 aliphatic rings. The lowest BCUT2D eigenvalue weighted by molar-refractivity contribution is 0.0507. The first-order chi connectivity index (χ1) is 8.01. The van der Waals surface area contributed by atoms with E-state index >= 15 is 0 Å². The summed E-state index contributed by atoms with van der Waals surface area (Å²) >= 11 is 2.98. The number of hydrogen-bond donors (Lipinski definition) is 0. The maximum Gasteiger partial charge on any atom is 0.343 e. The number of ether oxygens (including phenoxy) is 1. The Morgan fingerprint density at radius 2 is 2.24 bits per heavy atom. The van der Waals surface area contributed by atoms with Crippen LogP contribution in [0.15, 0.2) is 6.07 Å². The van der Waals surface area contributed by atoms with E-state index in [1.807, 2.05) is 0 Å². The molecule has 1 aromatic heterocycles. The van der Waals surface area contributed by atoms with Gasteiger partial charge >= 0.3 is 5.97 Å². The van der Waals surface area contributed by atoms with Crippen LogP contribution < -0.4 is 0 Å². The van der Waals surface area contributed by atoms with Gasteiger partial charge in [0.05, 0.1) is 12.3 Å². The average molecular weight is 312 g/mol. The van der Waals surface area contributed by atoms with Crippen LogP contribution in [0, 0.1) is 5.82 Å². The number of pyridine rings is 1. The summed E-state index contributed by atoms with van der Waals surface area (Å²) in [6.45, 7) is 1.47. The lowest BCUT2D eigenvalue weighted by atomic mass is 10.1. The number of halogens is 4. The highest BCUT2D eigenvalue weighted by atomic mass is 79.9. The normalized spacial score (nSPS) is 10.7. The standard InChI is InChI=1S/C10H9BrF3NO2/c1-2-17-10(16)7-6(12)3-5(4-11)15-8(7)9(13)14/h3,9H,2,4H2,1H3.